The van der Waals surface area contributed by atoms with Gasteiger partial charge in [-0.2, -0.15) is 5.10 Å². The van der Waals surface area contributed by atoms with Crippen LogP contribution in [-0.4, -0.2) is 10.2 Å². The molecule has 0 aliphatic heterocycles. The molecule has 4 heteroatoms. The molecule has 0 atom stereocenters. The minimum atomic E-state index is -0.254. The van der Waals surface area contributed by atoms with Crippen molar-refractivity contribution in [3.63, 3.8) is 0 Å². The van der Waals surface area contributed by atoms with E-state index >= 15 is 0 Å². The van der Waals surface area contributed by atoms with Gasteiger partial charge in [0.25, 0.3) is 0 Å². The second-order valence-corrected chi connectivity index (χ2v) is 5.32. The largest absolute Gasteiger partial charge is 0.282 e. The van der Waals surface area contributed by atoms with Crippen LogP contribution in [0.4, 0.5) is 4.39 Å². The average molecular weight is 295 g/mol. The summed E-state index contributed by atoms with van der Waals surface area (Å²) in [5.41, 5.74) is 2.81. The molecule has 88 valence electrons. The van der Waals surface area contributed by atoms with Gasteiger partial charge in [0.05, 0.1) is 10.2 Å². The lowest BCUT2D eigenvalue weighted by atomic mass is 9.83. The van der Waals surface area contributed by atoms with E-state index < -0.39 is 0 Å². The Labute approximate surface area is 107 Å². The molecule has 1 N–H and O–H groups in total. The summed E-state index contributed by atoms with van der Waals surface area (Å²) in [7, 11) is 0. The first kappa shape index (κ1) is 11.0. The molecule has 1 aromatic carbocycles. The standard InChI is InChI=1S/C13H12BrFN2/c14-10-5-4-9(6-11(10)15)13-7-12(16-17-13)8-2-1-3-8/h4-8H,1-3H2,(H,16,17). The second kappa shape index (κ2) is 4.26. The van der Waals surface area contributed by atoms with Crippen molar-refractivity contribution in [3.05, 3.63) is 40.2 Å². The van der Waals surface area contributed by atoms with Gasteiger partial charge in [-0.1, -0.05) is 12.5 Å². The molecule has 1 aromatic heterocycles. The van der Waals surface area contributed by atoms with E-state index in [-0.39, 0.29) is 5.82 Å². The van der Waals surface area contributed by atoms with E-state index in [0.29, 0.717) is 10.4 Å². The molecule has 0 bridgehead atoms. The highest BCUT2D eigenvalue weighted by Crippen LogP contribution is 2.36. The van der Waals surface area contributed by atoms with Gasteiger partial charge in [-0.25, -0.2) is 4.39 Å². The molecule has 2 aromatic rings. The number of nitrogens with one attached hydrogen (secondary N) is 1. The van der Waals surface area contributed by atoms with Crippen LogP contribution in [0, 0.1) is 5.82 Å². The van der Waals surface area contributed by atoms with Gasteiger partial charge < -0.3 is 0 Å². The number of hydrogen-bond acceptors (Lipinski definition) is 1. The third-order valence-corrected chi connectivity index (χ3v) is 4.00. The first-order valence-electron chi connectivity index (χ1n) is 5.75. The molecule has 1 aliphatic carbocycles. The molecule has 17 heavy (non-hydrogen) atoms. The van der Waals surface area contributed by atoms with Crippen LogP contribution in [0.5, 0.6) is 0 Å². The molecular formula is C13H12BrFN2. The Hall–Kier alpha value is -1.16. The van der Waals surface area contributed by atoms with Gasteiger partial charge in [0.15, 0.2) is 0 Å². The summed E-state index contributed by atoms with van der Waals surface area (Å²) in [6, 6.07) is 7.12. The van der Waals surface area contributed by atoms with Gasteiger partial charge in [0.1, 0.15) is 5.82 Å². The summed E-state index contributed by atoms with van der Waals surface area (Å²) in [6.07, 6.45) is 3.76. The first-order chi connectivity index (χ1) is 8.24. The zero-order valence-electron chi connectivity index (χ0n) is 9.21. The molecule has 0 radical (unpaired) electrons. The van der Waals surface area contributed by atoms with E-state index in [4.69, 9.17) is 0 Å². The molecule has 0 unspecified atom stereocenters. The number of halogens is 2. The minimum absolute atomic E-state index is 0.254. The zero-order valence-corrected chi connectivity index (χ0v) is 10.8. The van der Waals surface area contributed by atoms with Crippen molar-refractivity contribution in [2.24, 2.45) is 0 Å². The van der Waals surface area contributed by atoms with Crippen molar-refractivity contribution in [3.8, 4) is 11.3 Å². The zero-order chi connectivity index (χ0) is 11.8. The van der Waals surface area contributed by atoms with Crippen LogP contribution in [0.1, 0.15) is 30.9 Å². The van der Waals surface area contributed by atoms with E-state index in [1.807, 2.05) is 12.1 Å². The van der Waals surface area contributed by atoms with E-state index in [9.17, 15) is 4.39 Å². The fraction of sp³-hybridized carbons (Fsp3) is 0.308. The van der Waals surface area contributed by atoms with Crippen LogP contribution in [-0.2, 0) is 0 Å². The second-order valence-electron chi connectivity index (χ2n) is 4.47. The first-order valence-corrected chi connectivity index (χ1v) is 6.54. The average Bonchev–Trinajstić information content (AvgIpc) is 2.69. The van der Waals surface area contributed by atoms with Crippen molar-refractivity contribution in [2.75, 3.05) is 0 Å². The molecule has 0 saturated heterocycles. The number of nitrogens with zero attached hydrogens (tertiary/aromatic N) is 1. The lowest BCUT2D eigenvalue weighted by Gasteiger charge is -2.23. The maximum absolute atomic E-state index is 13.4. The monoisotopic (exact) mass is 294 g/mol. The fourth-order valence-corrected chi connectivity index (χ4v) is 2.31. The van der Waals surface area contributed by atoms with Gasteiger partial charge in [0, 0.05) is 17.2 Å². The smallest absolute Gasteiger partial charge is 0.138 e. The van der Waals surface area contributed by atoms with E-state index in [2.05, 4.69) is 26.1 Å². The highest BCUT2D eigenvalue weighted by molar-refractivity contribution is 9.10. The lowest BCUT2D eigenvalue weighted by molar-refractivity contribution is 0.410. The van der Waals surface area contributed by atoms with Crippen LogP contribution in [0.2, 0.25) is 0 Å². The molecule has 0 spiro atoms. The summed E-state index contributed by atoms with van der Waals surface area (Å²) in [6.45, 7) is 0. The van der Waals surface area contributed by atoms with Gasteiger partial charge in [0.2, 0.25) is 0 Å². The number of hydrogen-bond donors (Lipinski definition) is 1. The third-order valence-electron chi connectivity index (χ3n) is 3.36. The summed E-state index contributed by atoms with van der Waals surface area (Å²) in [4.78, 5) is 0. The normalized spacial score (nSPS) is 15.9. The van der Waals surface area contributed by atoms with Crippen LogP contribution in [0.25, 0.3) is 11.3 Å². The maximum atomic E-state index is 13.4. The van der Waals surface area contributed by atoms with E-state index in [0.717, 1.165) is 11.3 Å². The predicted octanol–water partition coefficient (Wildman–Crippen LogP) is 4.25. The van der Waals surface area contributed by atoms with Gasteiger partial charge in [-0.15, -0.1) is 0 Å². The van der Waals surface area contributed by atoms with Crippen LogP contribution in [0.3, 0.4) is 0 Å². The highest BCUT2D eigenvalue weighted by atomic mass is 79.9. The Morgan fingerprint density at radius 1 is 1.29 bits per heavy atom. The Bertz CT molecular complexity index is 546. The van der Waals surface area contributed by atoms with Crippen LogP contribution in [0.15, 0.2) is 28.7 Å². The Kier molecular flexibility index (Phi) is 2.74. The summed E-state index contributed by atoms with van der Waals surface area (Å²) < 4.78 is 13.9. The molecule has 3 rings (SSSR count). The number of rotatable bonds is 2. The number of benzene rings is 1. The fourth-order valence-electron chi connectivity index (χ4n) is 2.07. The van der Waals surface area contributed by atoms with Crippen molar-refractivity contribution < 1.29 is 4.39 Å². The molecule has 1 aliphatic rings. The van der Waals surface area contributed by atoms with Crippen molar-refractivity contribution in [1.82, 2.24) is 10.2 Å². The van der Waals surface area contributed by atoms with E-state index in [1.165, 1.54) is 31.0 Å². The summed E-state index contributed by atoms with van der Waals surface area (Å²) in [5, 5.41) is 7.31. The maximum Gasteiger partial charge on any atom is 0.138 e. The minimum Gasteiger partial charge on any atom is -0.282 e. The predicted molar refractivity (Wildman–Crippen MR) is 68.3 cm³/mol. The highest BCUT2D eigenvalue weighted by Gasteiger charge is 2.21. The molecule has 0 amide bonds. The Morgan fingerprint density at radius 3 is 2.76 bits per heavy atom. The molecule has 2 nitrogen and oxygen atoms in total. The SMILES string of the molecule is Fc1cc(-c2cc(C3CCC3)[nH]n2)ccc1Br. The van der Waals surface area contributed by atoms with Crippen molar-refractivity contribution in [1.29, 1.82) is 0 Å². The Balaban J connectivity index is 1.92. The summed E-state index contributed by atoms with van der Waals surface area (Å²) in [5.74, 6) is 0.368. The number of aromatic amines is 1. The third kappa shape index (κ3) is 2.02. The van der Waals surface area contributed by atoms with Crippen molar-refractivity contribution >= 4 is 15.9 Å². The van der Waals surface area contributed by atoms with Gasteiger partial charge in [-0.3, -0.25) is 5.10 Å². The number of H-pyrrole nitrogens is 1. The molecule has 1 saturated carbocycles. The lowest BCUT2D eigenvalue weighted by Crippen LogP contribution is -2.08. The molecule has 1 fully saturated rings. The topological polar surface area (TPSA) is 28.7 Å². The Morgan fingerprint density at radius 2 is 2.12 bits per heavy atom. The van der Waals surface area contributed by atoms with E-state index in [1.54, 1.807) is 6.07 Å². The van der Waals surface area contributed by atoms with Crippen LogP contribution < -0.4 is 0 Å². The quantitative estimate of drug-likeness (QED) is 0.881. The van der Waals surface area contributed by atoms with Crippen LogP contribution >= 0.6 is 15.9 Å². The molecular weight excluding hydrogens is 283 g/mol. The van der Waals surface area contributed by atoms with Crippen molar-refractivity contribution in [2.45, 2.75) is 25.2 Å². The molecule has 1 heterocycles. The number of aromatic nitrogens is 2. The van der Waals surface area contributed by atoms with Gasteiger partial charge in [-0.05, 0) is 47.0 Å². The van der Waals surface area contributed by atoms with Gasteiger partial charge >= 0.3 is 0 Å². The summed E-state index contributed by atoms with van der Waals surface area (Å²) >= 11 is 3.15.